The average molecular weight is 313 g/mol. The van der Waals surface area contributed by atoms with Gasteiger partial charge in [-0.05, 0) is 48.8 Å². The van der Waals surface area contributed by atoms with Gasteiger partial charge in [-0.3, -0.25) is 0 Å². The molecule has 0 radical (unpaired) electrons. The molecule has 1 aromatic carbocycles. The maximum absolute atomic E-state index is 13.8. The molecule has 1 atom stereocenters. The topological polar surface area (TPSA) is 38.0 Å². The van der Waals surface area contributed by atoms with Gasteiger partial charge < -0.3 is 5.11 Å². The van der Waals surface area contributed by atoms with E-state index in [2.05, 4.69) is 21.0 Å². The van der Waals surface area contributed by atoms with E-state index in [9.17, 15) is 9.50 Å². The molecule has 1 aromatic heterocycles. The zero-order chi connectivity index (χ0) is 13.4. The Morgan fingerprint density at radius 1 is 1.39 bits per heavy atom. The number of aliphatic hydroxyl groups excluding tert-OH is 1. The summed E-state index contributed by atoms with van der Waals surface area (Å²) in [4.78, 5) is 0. The SMILES string of the molecule is Cc1nn(-c2cccc(F)c2[C@H](C)O)c(C)c1Br. The summed E-state index contributed by atoms with van der Waals surface area (Å²) in [6.07, 6.45) is -0.885. The van der Waals surface area contributed by atoms with E-state index in [0.717, 1.165) is 15.9 Å². The van der Waals surface area contributed by atoms with Crippen LogP contribution in [0.15, 0.2) is 22.7 Å². The number of aliphatic hydroxyl groups is 1. The van der Waals surface area contributed by atoms with E-state index in [1.165, 1.54) is 6.07 Å². The first-order chi connectivity index (χ1) is 8.43. The van der Waals surface area contributed by atoms with Gasteiger partial charge in [-0.15, -0.1) is 0 Å². The number of aryl methyl sites for hydroxylation is 1. The molecule has 0 unspecified atom stereocenters. The summed E-state index contributed by atoms with van der Waals surface area (Å²) < 4.78 is 16.3. The lowest BCUT2D eigenvalue weighted by Gasteiger charge is -2.14. The molecular weight excluding hydrogens is 299 g/mol. The minimum absolute atomic E-state index is 0.260. The highest BCUT2D eigenvalue weighted by molar-refractivity contribution is 9.10. The Labute approximate surface area is 113 Å². The predicted molar refractivity (Wildman–Crippen MR) is 71.3 cm³/mol. The molecule has 18 heavy (non-hydrogen) atoms. The summed E-state index contributed by atoms with van der Waals surface area (Å²) in [6.45, 7) is 5.30. The van der Waals surface area contributed by atoms with Crippen LogP contribution in [0.4, 0.5) is 4.39 Å². The van der Waals surface area contributed by atoms with Gasteiger partial charge in [-0.1, -0.05) is 6.07 Å². The Hall–Kier alpha value is -1.20. The quantitative estimate of drug-likeness (QED) is 0.922. The molecule has 0 spiro atoms. The Kier molecular flexibility index (Phi) is 3.54. The van der Waals surface area contributed by atoms with Crippen molar-refractivity contribution in [2.75, 3.05) is 0 Å². The van der Waals surface area contributed by atoms with Crippen molar-refractivity contribution in [2.24, 2.45) is 0 Å². The molecular formula is C13H14BrFN2O. The summed E-state index contributed by atoms with van der Waals surface area (Å²) >= 11 is 3.44. The minimum atomic E-state index is -0.885. The van der Waals surface area contributed by atoms with E-state index in [4.69, 9.17) is 0 Å². The molecule has 2 aromatic rings. The first-order valence-corrected chi connectivity index (χ1v) is 6.41. The van der Waals surface area contributed by atoms with Crippen molar-refractivity contribution in [3.8, 4) is 5.69 Å². The first kappa shape index (κ1) is 13.2. The highest BCUT2D eigenvalue weighted by Crippen LogP contribution is 2.28. The van der Waals surface area contributed by atoms with Gasteiger partial charge in [0.25, 0.3) is 0 Å². The zero-order valence-corrected chi connectivity index (χ0v) is 12.0. The lowest BCUT2D eigenvalue weighted by molar-refractivity contribution is 0.193. The van der Waals surface area contributed by atoms with Crippen LogP contribution in [0.1, 0.15) is 30.0 Å². The van der Waals surface area contributed by atoms with Gasteiger partial charge in [0.2, 0.25) is 0 Å². The van der Waals surface area contributed by atoms with Gasteiger partial charge in [0, 0.05) is 5.56 Å². The summed E-state index contributed by atoms with van der Waals surface area (Å²) in [5.74, 6) is -0.425. The Morgan fingerprint density at radius 2 is 2.06 bits per heavy atom. The first-order valence-electron chi connectivity index (χ1n) is 5.62. The van der Waals surface area contributed by atoms with Crippen LogP contribution in [-0.4, -0.2) is 14.9 Å². The van der Waals surface area contributed by atoms with Crippen LogP contribution >= 0.6 is 15.9 Å². The largest absolute Gasteiger partial charge is 0.389 e. The second-order valence-corrected chi connectivity index (χ2v) is 5.04. The third-order valence-corrected chi connectivity index (χ3v) is 4.03. The second kappa shape index (κ2) is 4.82. The summed E-state index contributed by atoms with van der Waals surface area (Å²) in [6, 6.07) is 4.70. The fourth-order valence-corrected chi connectivity index (χ4v) is 2.23. The van der Waals surface area contributed by atoms with Crippen LogP contribution in [-0.2, 0) is 0 Å². The van der Waals surface area contributed by atoms with Crippen molar-refractivity contribution in [1.29, 1.82) is 0 Å². The van der Waals surface area contributed by atoms with Crippen LogP contribution in [0.25, 0.3) is 5.69 Å². The highest BCUT2D eigenvalue weighted by atomic mass is 79.9. The fraction of sp³-hybridized carbons (Fsp3) is 0.308. The van der Waals surface area contributed by atoms with E-state index in [1.807, 2.05) is 13.8 Å². The maximum atomic E-state index is 13.8. The molecule has 0 fully saturated rings. The lowest BCUT2D eigenvalue weighted by Crippen LogP contribution is -2.08. The van der Waals surface area contributed by atoms with Crippen molar-refractivity contribution < 1.29 is 9.50 Å². The molecule has 0 aliphatic heterocycles. The van der Waals surface area contributed by atoms with Gasteiger partial charge >= 0.3 is 0 Å². The van der Waals surface area contributed by atoms with Crippen molar-refractivity contribution in [2.45, 2.75) is 26.9 Å². The monoisotopic (exact) mass is 312 g/mol. The standard InChI is InChI=1S/C13H14BrFN2O/c1-7-13(14)8(2)17(16-7)11-6-4-5-10(15)12(11)9(3)18/h4-6,9,18H,1-3H3/t9-/m0/s1. The van der Waals surface area contributed by atoms with Crippen LogP contribution in [0.3, 0.4) is 0 Å². The highest BCUT2D eigenvalue weighted by Gasteiger charge is 2.18. The maximum Gasteiger partial charge on any atom is 0.131 e. The average Bonchev–Trinajstić information content (AvgIpc) is 2.56. The van der Waals surface area contributed by atoms with Crippen molar-refractivity contribution in [3.05, 3.63) is 45.4 Å². The fourth-order valence-electron chi connectivity index (χ4n) is 1.98. The Balaban J connectivity index is 2.71. The third kappa shape index (κ3) is 2.08. The summed E-state index contributed by atoms with van der Waals surface area (Å²) in [5.41, 5.74) is 2.53. The lowest BCUT2D eigenvalue weighted by atomic mass is 10.1. The van der Waals surface area contributed by atoms with Crippen molar-refractivity contribution in [3.63, 3.8) is 0 Å². The van der Waals surface area contributed by atoms with E-state index in [1.54, 1.807) is 23.7 Å². The van der Waals surface area contributed by atoms with E-state index in [0.29, 0.717) is 5.69 Å². The smallest absolute Gasteiger partial charge is 0.131 e. The van der Waals surface area contributed by atoms with Crippen LogP contribution in [0.2, 0.25) is 0 Å². The molecule has 0 aliphatic carbocycles. The molecule has 96 valence electrons. The van der Waals surface area contributed by atoms with Crippen molar-refractivity contribution >= 4 is 15.9 Å². The molecule has 1 heterocycles. The molecule has 0 saturated carbocycles. The summed E-state index contributed by atoms with van der Waals surface area (Å²) in [7, 11) is 0. The molecule has 1 N–H and O–H groups in total. The van der Waals surface area contributed by atoms with Crippen LogP contribution in [0.5, 0.6) is 0 Å². The van der Waals surface area contributed by atoms with E-state index in [-0.39, 0.29) is 5.56 Å². The van der Waals surface area contributed by atoms with Crippen LogP contribution in [0, 0.1) is 19.7 Å². The predicted octanol–water partition coefficient (Wildman–Crippen LogP) is 3.44. The van der Waals surface area contributed by atoms with Gasteiger partial charge in [-0.2, -0.15) is 5.10 Å². The van der Waals surface area contributed by atoms with E-state index < -0.39 is 11.9 Å². The zero-order valence-electron chi connectivity index (χ0n) is 10.4. The number of rotatable bonds is 2. The molecule has 0 bridgehead atoms. The molecule has 5 heteroatoms. The number of halogens is 2. The molecule has 2 rings (SSSR count). The number of hydrogen-bond acceptors (Lipinski definition) is 2. The normalized spacial score (nSPS) is 12.8. The molecule has 0 aliphatic rings. The van der Waals surface area contributed by atoms with Gasteiger partial charge in [0.05, 0.1) is 27.7 Å². The van der Waals surface area contributed by atoms with Crippen molar-refractivity contribution in [1.82, 2.24) is 9.78 Å². The molecule has 0 saturated heterocycles. The third-order valence-electron chi connectivity index (χ3n) is 2.88. The number of aromatic nitrogens is 2. The number of hydrogen-bond donors (Lipinski definition) is 1. The molecule has 3 nitrogen and oxygen atoms in total. The molecule has 0 amide bonds. The van der Waals surface area contributed by atoms with Gasteiger partial charge in [-0.25, -0.2) is 9.07 Å². The number of benzene rings is 1. The summed E-state index contributed by atoms with van der Waals surface area (Å²) in [5, 5.41) is 14.1. The minimum Gasteiger partial charge on any atom is -0.389 e. The van der Waals surface area contributed by atoms with E-state index >= 15 is 0 Å². The number of nitrogens with zero attached hydrogens (tertiary/aromatic N) is 2. The van der Waals surface area contributed by atoms with Crippen LogP contribution < -0.4 is 0 Å². The Morgan fingerprint density at radius 3 is 2.56 bits per heavy atom. The van der Waals surface area contributed by atoms with Gasteiger partial charge in [0.1, 0.15) is 5.82 Å². The van der Waals surface area contributed by atoms with Gasteiger partial charge in [0.15, 0.2) is 0 Å². The Bertz CT molecular complexity index is 593. The second-order valence-electron chi connectivity index (χ2n) is 4.25.